The van der Waals surface area contributed by atoms with Crippen molar-refractivity contribution >= 4 is 27.6 Å². The van der Waals surface area contributed by atoms with Crippen LogP contribution in [0.15, 0.2) is 40.6 Å². The van der Waals surface area contributed by atoms with Crippen molar-refractivity contribution in [1.82, 2.24) is 4.31 Å². The molecule has 0 fully saturated rings. The summed E-state index contributed by atoms with van der Waals surface area (Å²) in [5.41, 5.74) is 0.624. The molecule has 2 rings (SSSR count). The van der Waals surface area contributed by atoms with Gasteiger partial charge in [-0.1, -0.05) is 12.1 Å². The first-order valence-electron chi connectivity index (χ1n) is 7.24. The molecule has 0 aliphatic heterocycles. The highest BCUT2D eigenvalue weighted by molar-refractivity contribution is 7.89. The maximum Gasteiger partial charge on any atom is 0.243 e. The zero-order valence-electron chi connectivity index (χ0n) is 13.7. The number of hydrogen-bond acceptors (Lipinski definition) is 6. The van der Waals surface area contributed by atoms with Crippen molar-refractivity contribution in [3.63, 3.8) is 0 Å². The third-order valence-corrected chi connectivity index (χ3v) is 6.28. The van der Waals surface area contributed by atoms with E-state index in [1.54, 1.807) is 0 Å². The summed E-state index contributed by atoms with van der Waals surface area (Å²) >= 11 is 1.06. The van der Waals surface area contributed by atoms with Crippen LogP contribution in [0.4, 0.5) is 4.39 Å². The van der Waals surface area contributed by atoms with Gasteiger partial charge in [-0.2, -0.15) is 4.31 Å². The molecule has 2 aromatic rings. The number of methoxy groups -OCH3 is 1. The lowest BCUT2D eigenvalue weighted by Crippen LogP contribution is -2.32. The van der Waals surface area contributed by atoms with E-state index in [1.165, 1.54) is 49.9 Å². The van der Waals surface area contributed by atoms with Crippen LogP contribution in [-0.2, 0) is 19.5 Å². The number of aldehydes is 1. The molecule has 1 aromatic carbocycles. The second kappa shape index (κ2) is 8.63. The maximum atomic E-state index is 13.1. The van der Waals surface area contributed by atoms with Crippen LogP contribution in [0.5, 0.6) is 0 Å². The topological polar surface area (TPSA) is 72.9 Å². The van der Waals surface area contributed by atoms with E-state index in [9.17, 15) is 17.6 Å². The van der Waals surface area contributed by atoms with Gasteiger partial charge in [0, 0.05) is 26.1 Å². The van der Waals surface area contributed by atoms with Crippen molar-refractivity contribution in [2.45, 2.75) is 11.0 Å². The zero-order chi connectivity index (χ0) is 18.4. The van der Waals surface area contributed by atoms with Crippen molar-refractivity contribution in [2.24, 2.45) is 0 Å². The predicted molar refractivity (Wildman–Crippen MR) is 91.6 cm³/mol. The second-order valence-corrected chi connectivity index (χ2v) is 8.19. The molecule has 0 aliphatic rings. The van der Waals surface area contributed by atoms with Crippen LogP contribution in [0, 0.1) is 5.82 Å². The van der Waals surface area contributed by atoms with Crippen molar-refractivity contribution < 1.29 is 27.1 Å². The molecule has 0 amide bonds. The maximum absolute atomic E-state index is 13.1. The van der Waals surface area contributed by atoms with E-state index in [0.29, 0.717) is 16.7 Å². The fourth-order valence-electron chi connectivity index (χ4n) is 2.12. The Morgan fingerprint density at radius 3 is 2.56 bits per heavy atom. The lowest BCUT2D eigenvalue weighted by Gasteiger charge is -2.24. The highest BCUT2D eigenvalue weighted by Gasteiger charge is 2.26. The van der Waals surface area contributed by atoms with Crippen LogP contribution in [0.25, 0.3) is 0 Å². The van der Waals surface area contributed by atoms with Crippen LogP contribution in [0.1, 0.15) is 21.3 Å². The Morgan fingerprint density at radius 2 is 2.00 bits per heavy atom. The van der Waals surface area contributed by atoms with Crippen LogP contribution in [0.2, 0.25) is 0 Å². The van der Waals surface area contributed by atoms with Gasteiger partial charge in [0.15, 0.2) is 6.29 Å². The van der Waals surface area contributed by atoms with Gasteiger partial charge in [-0.15, -0.1) is 11.3 Å². The molecule has 0 radical (unpaired) electrons. The van der Waals surface area contributed by atoms with Gasteiger partial charge in [0.2, 0.25) is 10.0 Å². The minimum atomic E-state index is -3.77. The number of sulfonamides is 1. The summed E-state index contributed by atoms with van der Waals surface area (Å²) in [6, 6.07) is 6.95. The van der Waals surface area contributed by atoms with Crippen molar-refractivity contribution in [2.75, 3.05) is 27.5 Å². The van der Waals surface area contributed by atoms with Gasteiger partial charge in [0.05, 0.1) is 15.9 Å². The van der Waals surface area contributed by atoms with Gasteiger partial charge >= 0.3 is 0 Å². The molecule has 1 atom stereocenters. The number of carbonyl (C=O) groups is 1. The van der Waals surface area contributed by atoms with E-state index in [2.05, 4.69) is 0 Å². The third kappa shape index (κ3) is 4.93. The molecule has 1 unspecified atom stereocenters. The van der Waals surface area contributed by atoms with Gasteiger partial charge < -0.3 is 9.47 Å². The van der Waals surface area contributed by atoms with E-state index < -0.39 is 21.9 Å². The summed E-state index contributed by atoms with van der Waals surface area (Å²) in [5, 5.41) is 1.42. The number of thiophene rings is 1. The molecular weight excluding hydrogens is 369 g/mol. The molecule has 6 nitrogen and oxygen atoms in total. The monoisotopic (exact) mass is 387 g/mol. The molecule has 0 aliphatic carbocycles. The minimum absolute atomic E-state index is 0.00357. The summed E-state index contributed by atoms with van der Waals surface area (Å²) in [6.45, 7) is -0.0345. The summed E-state index contributed by atoms with van der Waals surface area (Å²) < 4.78 is 49.9. The van der Waals surface area contributed by atoms with E-state index in [4.69, 9.17) is 9.47 Å². The van der Waals surface area contributed by atoms with E-state index in [1.807, 2.05) is 0 Å². The summed E-state index contributed by atoms with van der Waals surface area (Å²) in [5.74, 6) is -0.394. The average molecular weight is 387 g/mol. The Hall–Kier alpha value is -1.65. The first-order chi connectivity index (χ1) is 11.9. The molecule has 0 N–H and O–H groups in total. The van der Waals surface area contributed by atoms with Gasteiger partial charge in [0.25, 0.3) is 0 Å². The molecule has 1 aromatic heterocycles. The summed E-state index contributed by atoms with van der Waals surface area (Å²) in [7, 11) is -0.905. The third-order valence-electron chi connectivity index (χ3n) is 3.47. The number of benzene rings is 1. The van der Waals surface area contributed by atoms with Gasteiger partial charge in [0.1, 0.15) is 12.6 Å². The van der Waals surface area contributed by atoms with Crippen molar-refractivity contribution in [3.05, 3.63) is 52.0 Å². The van der Waals surface area contributed by atoms with Crippen LogP contribution >= 0.6 is 11.3 Å². The molecule has 136 valence electrons. The predicted octanol–water partition coefficient (Wildman–Crippen LogP) is 2.68. The minimum Gasteiger partial charge on any atom is -0.359 e. The molecule has 25 heavy (non-hydrogen) atoms. The van der Waals surface area contributed by atoms with E-state index in [-0.39, 0.29) is 18.2 Å². The number of hydrogen-bond donors (Lipinski definition) is 0. The SMILES string of the molecule is COCOC(CN(C)S(=O)(=O)c1csc(C=O)c1)c1ccc(F)cc1. The fourth-order valence-corrected chi connectivity index (χ4v) is 4.37. The van der Waals surface area contributed by atoms with Gasteiger partial charge in [-0.3, -0.25) is 4.79 Å². The van der Waals surface area contributed by atoms with Crippen molar-refractivity contribution in [1.29, 1.82) is 0 Å². The summed E-state index contributed by atoms with van der Waals surface area (Å²) in [4.78, 5) is 11.1. The molecule has 0 saturated carbocycles. The normalized spacial score (nSPS) is 13.1. The Labute approximate surface area is 149 Å². The molecule has 0 saturated heterocycles. The fraction of sp³-hybridized carbons (Fsp3) is 0.312. The molecule has 9 heteroatoms. The highest BCUT2D eigenvalue weighted by atomic mass is 32.2. The second-order valence-electron chi connectivity index (χ2n) is 5.20. The van der Waals surface area contributed by atoms with Gasteiger partial charge in [-0.05, 0) is 23.8 Å². The number of carbonyl (C=O) groups excluding carboxylic acids is 1. The quantitative estimate of drug-likeness (QED) is 0.489. The summed E-state index contributed by atoms with van der Waals surface area (Å²) in [6.07, 6.45) is -0.0308. The Morgan fingerprint density at radius 1 is 1.32 bits per heavy atom. The Bertz CT molecular complexity index is 804. The molecule has 0 spiro atoms. The number of halogens is 1. The first-order valence-corrected chi connectivity index (χ1v) is 9.56. The number of rotatable bonds is 9. The molecule has 1 heterocycles. The van der Waals surface area contributed by atoms with Gasteiger partial charge in [-0.25, -0.2) is 12.8 Å². The average Bonchev–Trinajstić information content (AvgIpc) is 3.09. The smallest absolute Gasteiger partial charge is 0.243 e. The van der Waals surface area contributed by atoms with Crippen LogP contribution in [0.3, 0.4) is 0 Å². The van der Waals surface area contributed by atoms with Crippen molar-refractivity contribution in [3.8, 4) is 0 Å². The number of ether oxygens (including phenoxy) is 2. The standard InChI is InChI=1S/C16H18FNO5S2/c1-18(25(20,21)15-7-14(9-19)24-10-15)8-16(23-11-22-2)12-3-5-13(17)6-4-12/h3-7,9-10,16H,8,11H2,1-2H3. The molecular formula is C16H18FNO5S2. The zero-order valence-corrected chi connectivity index (χ0v) is 15.3. The largest absolute Gasteiger partial charge is 0.359 e. The highest BCUT2D eigenvalue weighted by Crippen LogP contribution is 2.25. The van der Waals surface area contributed by atoms with Crippen LogP contribution in [-0.4, -0.2) is 46.5 Å². The number of nitrogens with zero attached hydrogens (tertiary/aromatic N) is 1. The Kier molecular flexibility index (Phi) is 6.79. The Balaban J connectivity index is 2.21. The molecule has 0 bridgehead atoms. The first kappa shape index (κ1) is 19.7. The van der Waals surface area contributed by atoms with E-state index in [0.717, 1.165) is 15.6 Å². The lowest BCUT2D eigenvalue weighted by molar-refractivity contribution is -0.0763. The van der Waals surface area contributed by atoms with Crippen LogP contribution < -0.4 is 0 Å². The van der Waals surface area contributed by atoms with E-state index >= 15 is 0 Å². The lowest BCUT2D eigenvalue weighted by atomic mass is 10.1. The number of likely N-dealkylation sites (N-methyl/N-ethyl adjacent to an activating group) is 1.